The van der Waals surface area contributed by atoms with E-state index in [9.17, 15) is 13.2 Å². The van der Waals surface area contributed by atoms with Crippen LogP contribution in [-0.2, 0) is 14.8 Å². The van der Waals surface area contributed by atoms with E-state index in [1.54, 1.807) is 13.8 Å². The standard InChI is InChI=1S/C12H18ClN3O4S.ClH/c1-12(2,7-14)16-21(18,19)10-5-8(13)3-4-9(10)20-6-11(15)17;/h3-5,16H,6-7,14H2,1-2H3,(H2,15,17);1H. The Morgan fingerprint density at radius 1 is 1.41 bits per heavy atom. The highest BCUT2D eigenvalue weighted by molar-refractivity contribution is 7.89. The molecule has 10 heteroatoms. The molecule has 0 saturated carbocycles. The molecule has 0 aliphatic carbocycles. The number of nitrogens with two attached hydrogens (primary N) is 2. The van der Waals surface area contributed by atoms with Crippen molar-refractivity contribution in [3.05, 3.63) is 23.2 Å². The summed E-state index contributed by atoms with van der Waals surface area (Å²) in [5.41, 5.74) is 9.65. The molecule has 0 atom stereocenters. The van der Waals surface area contributed by atoms with Crippen molar-refractivity contribution in [1.82, 2.24) is 4.72 Å². The molecule has 5 N–H and O–H groups in total. The summed E-state index contributed by atoms with van der Waals surface area (Å²) >= 11 is 5.83. The summed E-state index contributed by atoms with van der Waals surface area (Å²) < 4.78 is 32.4. The average Bonchev–Trinajstić information content (AvgIpc) is 2.36. The Morgan fingerprint density at radius 3 is 2.50 bits per heavy atom. The van der Waals surface area contributed by atoms with Crippen LogP contribution in [0, 0.1) is 0 Å². The third-order valence-electron chi connectivity index (χ3n) is 2.49. The van der Waals surface area contributed by atoms with E-state index >= 15 is 0 Å². The zero-order chi connectivity index (χ0) is 16.3. The van der Waals surface area contributed by atoms with Crippen molar-refractivity contribution >= 4 is 39.9 Å². The van der Waals surface area contributed by atoms with E-state index in [1.165, 1.54) is 18.2 Å². The van der Waals surface area contributed by atoms with Crippen LogP contribution in [-0.4, -0.2) is 33.0 Å². The molecule has 1 rings (SSSR count). The highest BCUT2D eigenvalue weighted by Gasteiger charge is 2.28. The zero-order valence-electron chi connectivity index (χ0n) is 12.1. The number of amides is 1. The maximum atomic E-state index is 12.4. The van der Waals surface area contributed by atoms with Gasteiger partial charge in [0.05, 0.1) is 0 Å². The number of sulfonamides is 1. The zero-order valence-corrected chi connectivity index (χ0v) is 14.5. The molecular formula is C12H19Cl2N3O4S. The summed E-state index contributed by atoms with van der Waals surface area (Å²) in [7, 11) is -3.92. The summed E-state index contributed by atoms with van der Waals surface area (Å²) in [5, 5.41) is 0.215. The summed E-state index contributed by atoms with van der Waals surface area (Å²) in [4.78, 5) is 10.6. The number of nitrogens with one attached hydrogen (secondary N) is 1. The lowest BCUT2D eigenvalue weighted by atomic mass is 10.1. The Balaban J connectivity index is 0.00000441. The minimum Gasteiger partial charge on any atom is -0.482 e. The molecule has 0 aliphatic rings. The summed E-state index contributed by atoms with van der Waals surface area (Å²) in [6.07, 6.45) is 0. The molecule has 1 aromatic rings. The van der Waals surface area contributed by atoms with Crippen molar-refractivity contribution in [3.63, 3.8) is 0 Å². The lowest BCUT2D eigenvalue weighted by molar-refractivity contribution is -0.120. The van der Waals surface area contributed by atoms with Gasteiger partial charge >= 0.3 is 0 Å². The first-order valence-corrected chi connectivity index (χ1v) is 7.88. The fraction of sp³-hybridized carbons (Fsp3) is 0.417. The van der Waals surface area contributed by atoms with Crippen LogP contribution in [0.2, 0.25) is 5.02 Å². The van der Waals surface area contributed by atoms with Gasteiger partial charge in [0.1, 0.15) is 10.6 Å². The van der Waals surface area contributed by atoms with Crippen LogP contribution in [0.1, 0.15) is 13.8 Å². The molecule has 0 radical (unpaired) electrons. The topological polar surface area (TPSA) is 125 Å². The molecule has 126 valence electrons. The van der Waals surface area contributed by atoms with Crippen molar-refractivity contribution in [1.29, 1.82) is 0 Å². The van der Waals surface area contributed by atoms with Crippen molar-refractivity contribution in [2.24, 2.45) is 11.5 Å². The molecule has 0 heterocycles. The van der Waals surface area contributed by atoms with Crippen molar-refractivity contribution in [2.45, 2.75) is 24.3 Å². The smallest absolute Gasteiger partial charge is 0.255 e. The largest absolute Gasteiger partial charge is 0.482 e. The van der Waals surface area contributed by atoms with Gasteiger partial charge in [0.2, 0.25) is 10.0 Å². The molecular weight excluding hydrogens is 353 g/mol. The molecule has 0 fully saturated rings. The van der Waals surface area contributed by atoms with E-state index in [0.717, 1.165) is 0 Å². The van der Waals surface area contributed by atoms with Gasteiger partial charge in [0.25, 0.3) is 5.91 Å². The van der Waals surface area contributed by atoms with Crippen LogP contribution in [0.3, 0.4) is 0 Å². The van der Waals surface area contributed by atoms with E-state index in [-0.39, 0.29) is 34.6 Å². The quantitative estimate of drug-likeness (QED) is 0.648. The molecule has 22 heavy (non-hydrogen) atoms. The van der Waals surface area contributed by atoms with E-state index in [0.29, 0.717) is 0 Å². The van der Waals surface area contributed by atoms with E-state index in [4.69, 9.17) is 27.8 Å². The second-order valence-corrected chi connectivity index (χ2v) is 7.13. The molecule has 7 nitrogen and oxygen atoms in total. The normalized spacial score (nSPS) is 11.6. The third-order valence-corrected chi connectivity index (χ3v) is 4.44. The molecule has 0 aromatic heterocycles. The minimum absolute atomic E-state index is 0. The molecule has 0 aliphatic heterocycles. The predicted octanol–water partition coefficient (Wildman–Crippen LogP) is 0.641. The van der Waals surface area contributed by atoms with Crippen molar-refractivity contribution in [2.75, 3.05) is 13.2 Å². The Kier molecular flexibility index (Phi) is 7.60. The Hall–Kier alpha value is -1.06. The fourth-order valence-electron chi connectivity index (χ4n) is 1.42. The van der Waals surface area contributed by atoms with Crippen LogP contribution in [0.4, 0.5) is 0 Å². The maximum absolute atomic E-state index is 12.4. The maximum Gasteiger partial charge on any atom is 0.255 e. The molecule has 0 saturated heterocycles. The Labute approximate surface area is 140 Å². The number of rotatable bonds is 7. The van der Waals surface area contributed by atoms with E-state index < -0.39 is 28.1 Å². The van der Waals surface area contributed by atoms with Gasteiger partial charge < -0.3 is 16.2 Å². The van der Waals surface area contributed by atoms with Crippen LogP contribution in [0.15, 0.2) is 23.1 Å². The van der Waals surface area contributed by atoms with Crippen LogP contribution in [0.25, 0.3) is 0 Å². The number of carbonyl (C=O) groups excluding carboxylic acids is 1. The monoisotopic (exact) mass is 371 g/mol. The third kappa shape index (κ3) is 5.98. The number of hydrogen-bond donors (Lipinski definition) is 3. The van der Waals surface area contributed by atoms with E-state index in [1.807, 2.05) is 0 Å². The van der Waals surface area contributed by atoms with Gasteiger partial charge in [-0.15, -0.1) is 12.4 Å². The molecule has 0 spiro atoms. The lowest BCUT2D eigenvalue weighted by Gasteiger charge is -2.24. The van der Waals surface area contributed by atoms with Gasteiger partial charge in [-0.3, -0.25) is 4.79 Å². The first kappa shape index (κ1) is 20.9. The van der Waals surface area contributed by atoms with Gasteiger partial charge in [-0.25, -0.2) is 13.1 Å². The van der Waals surface area contributed by atoms with Crippen LogP contribution in [0.5, 0.6) is 5.75 Å². The number of primary amides is 1. The molecule has 0 unspecified atom stereocenters. The van der Waals surface area contributed by atoms with Gasteiger partial charge in [-0.1, -0.05) is 11.6 Å². The second kappa shape index (κ2) is 7.98. The Bertz CT molecular complexity index is 635. The number of ether oxygens (including phenoxy) is 1. The fourth-order valence-corrected chi connectivity index (χ4v) is 3.25. The van der Waals surface area contributed by atoms with Crippen molar-refractivity contribution < 1.29 is 17.9 Å². The molecule has 1 amide bonds. The number of halogens is 2. The number of benzene rings is 1. The van der Waals surface area contributed by atoms with Crippen molar-refractivity contribution in [3.8, 4) is 5.75 Å². The van der Waals surface area contributed by atoms with Gasteiger partial charge in [0.15, 0.2) is 6.61 Å². The van der Waals surface area contributed by atoms with Crippen LogP contribution >= 0.6 is 24.0 Å². The number of carbonyl (C=O) groups is 1. The highest BCUT2D eigenvalue weighted by Crippen LogP contribution is 2.28. The van der Waals surface area contributed by atoms with Gasteiger partial charge in [-0.2, -0.15) is 0 Å². The SMILES string of the molecule is CC(C)(CN)NS(=O)(=O)c1cc(Cl)ccc1OCC(N)=O.Cl. The number of hydrogen-bond acceptors (Lipinski definition) is 5. The van der Waals surface area contributed by atoms with Crippen LogP contribution < -0.4 is 20.9 Å². The molecule has 0 bridgehead atoms. The second-order valence-electron chi connectivity index (χ2n) is 5.04. The summed E-state index contributed by atoms with van der Waals surface area (Å²) in [6, 6.07) is 4.03. The lowest BCUT2D eigenvalue weighted by Crippen LogP contribution is -2.48. The summed E-state index contributed by atoms with van der Waals surface area (Å²) in [5.74, 6) is -0.734. The first-order valence-electron chi connectivity index (χ1n) is 6.02. The molecule has 1 aromatic carbocycles. The van der Waals surface area contributed by atoms with E-state index in [2.05, 4.69) is 4.72 Å². The highest BCUT2D eigenvalue weighted by atomic mass is 35.5. The Morgan fingerprint density at radius 2 is 2.00 bits per heavy atom. The first-order chi connectivity index (χ1) is 9.57. The minimum atomic E-state index is -3.92. The van der Waals surface area contributed by atoms with Gasteiger partial charge in [-0.05, 0) is 32.0 Å². The average molecular weight is 372 g/mol. The predicted molar refractivity (Wildman–Crippen MR) is 86.8 cm³/mol. The summed E-state index contributed by atoms with van der Waals surface area (Å²) in [6.45, 7) is 2.94. The van der Waals surface area contributed by atoms with Gasteiger partial charge in [0, 0.05) is 17.1 Å².